The summed E-state index contributed by atoms with van der Waals surface area (Å²) >= 11 is 5.46. The number of ether oxygens (including phenoxy) is 1. The highest BCUT2D eigenvalue weighted by Crippen LogP contribution is 2.16. The van der Waals surface area contributed by atoms with Gasteiger partial charge in [-0.15, -0.1) is 11.6 Å². The van der Waals surface area contributed by atoms with Crippen molar-refractivity contribution in [3.63, 3.8) is 0 Å². The number of esters is 1. The van der Waals surface area contributed by atoms with E-state index in [1.807, 2.05) is 0 Å². The monoisotopic (exact) mass is 255 g/mol. The fourth-order valence-electron chi connectivity index (χ4n) is 1.28. The molecule has 0 aliphatic rings. The molecule has 0 saturated carbocycles. The first-order chi connectivity index (χ1) is 8.19. The van der Waals surface area contributed by atoms with Crippen molar-refractivity contribution in [1.29, 1.82) is 0 Å². The van der Waals surface area contributed by atoms with Crippen LogP contribution in [0.1, 0.15) is 23.7 Å². The van der Waals surface area contributed by atoms with Crippen molar-refractivity contribution in [3.05, 3.63) is 29.8 Å². The van der Waals surface area contributed by atoms with Crippen LogP contribution in [0, 0.1) is 0 Å². The van der Waals surface area contributed by atoms with E-state index in [-0.39, 0.29) is 18.2 Å². The number of halogens is 1. The van der Waals surface area contributed by atoms with Gasteiger partial charge >= 0.3 is 5.97 Å². The Kier molecular flexibility index (Phi) is 5.49. The molecule has 4 nitrogen and oxygen atoms in total. The van der Waals surface area contributed by atoms with E-state index < -0.39 is 5.97 Å². The maximum atomic E-state index is 11.6. The van der Waals surface area contributed by atoms with Crippen LogP contribution >= 0.6 is 11.6 Å². The van der Waals surface area contributed by atoms with E-state index in [2.05, 4.69) is 5.32 Å². The molecule has 1 amide bonds. The lowest BCUT2D eigenvalue weighted by Gasteiger charge is -2.09. The number of hydrogen-bond acceptors (Lipinski definition) is 3. The van der Waals surface area contributed by atoms with Crippen molar-refractivity contribution in [3.8, 4) is 0 Å². The molecular weight excluding hydrogens is 242 g/mol. The van der Waals surface area contributed by atoms with Gasteiger partial charge in [0.25, 0.3) is 0 Å². The van der Waals surface area contributed by atoms with Crippen molar-refractivity contribution < 1.29 is 14.3 Å². The fourth-order valence-corrected chi connectivity index (χ4v) is 1.45. The summed E-state index contributed by atoms with van der Waals surface area (Å²) in [6.45, 7) is 2.02. The second-order valence-corrected chi connectivity index (χ2v) is 3.63. The van der Waals surface area contributed by atoms with Crippen molar-refractivity contribution >= 4 is 29.2 Å². The molecule has 92 valence electrons. The third-order valence-corrected chi connectivity index (χ3v) is 2.21. The normalized spacial score (nSPS) is 9.76. The van der Waals surface area contributed by atoms with Gasteiger partial charge in [0.1, 0.15) is 0 Å². The van der Waals surface area contributed by atoms with E-state index in [1.165, 1.54) is 0 Å². The van der Waals surface area contributed by atoms with E-state index in [4.69, 9.17) is 16.3 Å². The quantitative estimate of drug-likeness (QED) is 0.649. The Bertz CT molecular complexity index is 406. The Hall–Kier alpha value is -1.55. The lowest BCUT2D eigenvalue weighted by molar-refractivity contribution is -0.115. The third-order valence-electron chi connectivity index (χ3n) is 2.02. The number of anilines is 1. The summed E-state index contributed by atoms with van der Waals surface area (Å²) in [5.74, 6) is -0.432. The van der Waals surface area contributed by atoms with Crippen LogP contribution in [0.25, 0.3) is 0 Å². The minimum absolute atomic E-state index is 0.207. The van der Waals surface area contributed by atoms with Crippen molar-refractivity contribution in [2.24, 2.45) is 0 Å². The summed E-state index contributed by atoms with van der Waals surface area (Å²) < 4.78 is 4.89. The molecule has 0 radical (unpaired) electrons. The van der Waals surface area contributed by atoms with Gasteiger partial charge < -0.3 is 10.1 Å². The fraction of sp³-hybridized carbons (Fsp3) is 0.333. The maximum Gasteiger partial charge on any atom is 0.340 e. The van der Waals surface area contributed by atoms with E-state index in [1.54, 1.807) is 31.2 Å². The summed E-state index contributed by atoms with van der Waals surface area (Å²) in [6.07, 6.45) is 0.207. The van der Waals surface area contributed by atoms with E-state index in [9.17, 15) is 9.59 Å². The molecule has 1 rings (SSSR count). The molecule has 0 atom stereocenters. The van der Waals surface area contributed by atoms with E-state index >= 15 is 0 Å². The van der Waals surface area contributed by atoms with Crippen LogP contribution in [-0.4, -0.2) is 24.4 Å². The molecule has 1 aromatic carbocycles. The number of benzene rings is 1. The number of alkyl halides is 1. The number of carbonyl (C=O) groups is 2. The van der Waals surface area contributed by atoms with Crippen LogP contribution in [0.3, 0.4) is 0 Å². The van der Waals surface area contributed by atoms with Crippen LogP contribution in [-0.2, 0) is 9.53 Å². The van der Waals surface area contributed by atoms with Crippen LogP contribution in [0.5, 0.6) is 0 Å². The third kappa shape index (κ3) is 4.07. The van der Waals surface area contributed by atoms with E-state index in [0.29, 0.717) is 17.9 Å². The average molecular weight is 256 g/mol. The van der Waals surface area contributed by atoms with E-state index in [0.717, 1.165) is 0 Å². The summed E-state index contributed by atoms with van der Waals surface area (Å²) in [5.41, 5.74) is 0.790. The number of nitrogens with one attached hydrogen (secondary N) is 1. The van der Waals surface area contributed by atoms with Crippen molar-refractivity contribution in [2.75, 3.05) is 17.8 Å². The highest BCUT2D eigenvalue weighted by molar-refractivity contribution is 6.19. The summed E-state index contributed by atoms with van der Waals surface area (Å²) in [6, 6.07) is 6.70. The van der Waals surface area contributed by atoms with Crippen LogP contribution in [0.4, 0.5) is 5.69 Å². The largest absolute Gasteiger partial charge is 0.462 e. The Labute approximate surface area is 105 Å². The Balaban J connectivity index is 2.84. The first-order valence-corrected chi connectivity index (χ1v) is 5.84. The highest BCUT2D eigenvalue weighted by atomic mass is 35.5. The molecule has 0 saturated heterocycles. The van der Waals surface area contributed by atoms with Gasteiger partial charge in [-0.2, -0.15) is 0 Å². The van der Waals surface area contributed by atoms with Crippen LogP contribution in [0.2, 0.25) is 0 Å². The van der Waals surface area contributed by atoms with Crippen LogP contribution in [0.15, 0.2) is 24.3 Å². The predicted octanol–water partition coefficient (Wildman–Crippen LogP) is 2.43. The van der Waals surface area contributed by atoms with Gasteiger partial charge in [-0.3, -0.25) is 4.79 Å². The van der Waals surface area contributed by atoms with Crippen molar-refractivity contribution in [2.45, 2.75) is 13.3 Å². The first kappa shape index (κ1) is 13.5. The predicted molar refractivity (Wildman–Crippen MR) is 66.4 cm³/mol. The SMILES string of the molecule is CCOC(=O)c1ccccc1NC(=O)CCCl. The standard InChI is InChI=1S/C12H14ClNO3/c1-2-17-12(16)9-5-3-4-6-10(9)14-11(15)7-8-13/h3-6H,2,7-8H2,1H3,(H,14,15). The van der Waals surface area contributed by atoms with Gasteiger partial charge in [-0.25, -0.2) is 4.79 Å². The van der Waals surface area contributed by atoms with Crippen molar-refractivity contribution in [1.82, 2.24) is 0 Å². The molecule has 0 spiro atoms. The highest BCUT2D eigenvalue weighted by Gasteiger charge is 2.13. The summed E-state index contributed by atoms with van der Waals surface area (Å²) in [5, 5.41) is 2.63. The lowest BCUT2D eigenvalue weighted by atomic mass is 10.1. The number of hydrogen-bond donors (Lipinski definition) is 1. The average Bonchev–Trinajstić information content (AvgIpc) is 2.30. The van der Waals surface area contributed by atoms with Gasteiger partial charge in [0.15, 0.2) is 0 Å². The second kappa shape index (κ2) is 6.91. The molecule has 0 aromatic heterocycles. The molecule has 0 aliphatic carbocycles. The van der Waals surface area contributed by atoms with Gasteiger partial charge in [-0.1, -0.05) is 12.1 Å². The smallest absolute Gasteiger partial charge is 0.340 e. The zero-order valence-corrected chi connectivity index (χ0v) is 10.3. The Morgan fingerprint density at radius 2 is 2.06 bits per heavy atom. The Morgan fingerprint density at radius 3 is 2.71 bits per heavy atom. The second-order valence-electron chi connectivity index (χ2n) is 3.25. The Morgan fingerprint density at radius 1 is 1.35 bits per heavy atom. The van der Waals surface area contributed by atoms with Crippen LogP contribution < -0.4 is 5.32 Å². The molecule has 1 N–H and O–H groups in total. The minimum atomic E-state index is -0.450. The number of carbonyl (C=O) groups excluding carboxylic acids is 2. The molecule has 17 heavy (non-hydrogen) atoms. The molecule has 5 heteroatoms. The molecular formula is C12H14ClNO3. The number of para-hydroxylation sites is 1. The zero-order valence-electron chi connectivity index (χ0n) is 9.53. The summed E-state index contributed by atoms with van der Waals surface area (Å²) in [4.78, 5) is 23.0. The number of amides is 1. The maximum absolute atomic E-state index is 11.6. The number of rotatable bonds is 5. The zero-order chi connectivity index (χ0) is 12.7. The van der Waals surface area contributed by atoms with Gasteiger partial charge in [0, 0.05) is 12.3 Å². The molecule has 0 fully saturated rings. The molecule has 0 unspecified atom stereocenters. The van der Waals surface area contributed by atoms with Gasteiger partial charge in [0.05, 0.1) is 17.9 Å². The molecule has 0 heterocycles. The van der Waals surface area contributed by atoms with Gasteiger partial charge in [0.2, 0.25) is 5.91 Å². The minimum Gasteiger partial charge on any atom is -0.462 e. The molecule has 1 aromatic rings. The lowest BCUT2D eigenvalue weighted by Crippen LogP contribution is -2.15. The molecule has 0 aliphatic heterocycles. The first-order valence-electron chi connectivity index (χ1n) is 5.31. The topological polar surface area (TPSA) is 55.4 Å². The summed E-state index contributed by atoms with van der Waals surface area (Å²) in [7, 11) is 0. The van der Waals surface area contributed by atoms with Gasteiger partial charge in [-0.05, 0) is 19.1 Å². The molecule has 0 bridgehead atoms.